The molecular weight excluding hydrogens is 188 g/mol. The van der Waals surface area contributed by atoms with Gasteiger partial charge in [0.05, 0.1) is 5.69 Å². The van der Waals surface area contributed by atoms with Crippen LogP contribution in [-0.4, -0.2) is 23.1 Å². The summed E-state index contributed by atoms with van der Waals surface area (Å²) in [5.41, 5.74) is 6.53. The summed E-state index contributed by atoms with van der Waals surface area (Å²) in [5.74, 6) is 0.941. The van der Waals surface area contributed by atoms with Gasteiger partial charge in [-0.15, -0.1) is 0 Å². The molecule has 0 aliphatic rings. The number of hydrogen-bond acceptors (Lipinski definition) is 4. The van der Waals surface area contributed by atoms with Gasteiger partial charge < -0.3 is 10.6 Å². The van der Waals surface area contributed by atoms with E-state index in [4.69, 9.17) is 5.73 Å². The van der Waals surface area contributed by atoms with E-state index in [9.17, 15) is 0 Å². The van der Waals surface area contributed by atoms with Gasteiger partial charge in [0, 0.05) is 32.0 Å². The van der Waals surface area contributed by atoms with Gasteiger partial charge in [0.2, 0.25) is 0 Å². The van der Waals surface area contributed by atoms with Crippen molar-refractivity contribution in [1.29, 1.82) is 0 Å². The Morgan fingerprint density at radius 2 is 2.00 bits per heavy atom. The molecule has 0 aromatic carbocycles. The van der Waals surface area contributed by atoms with E-state index in [0.29, 0.717) is 6.54 Å². The molecule has 0 spiro atoms. The van der Waals surface area contributed by atoms with Crippen molar-refractivity contribution < 1.29 is 0 Å². The highest BCUT2D eigenvalue weighted by atomic mass is 15.2. The molecule has 0 unspecified atom stereocenters. The van der Waals surface area contributed by atoms with E-state index < -0.39 is 0 Å². The minimum Gasteiger partial charge on any atom is -0.355 e. The molecule has 0 saturated heterocycles. The van der Waals surface area contributed by atoms with Crippen molar-refractivity contribution in [3.63, 3.8) is 0 Å². The molecule has 2 N–H and O–H groups in total. The minimum absolute atomic E-state index is 0.450. The van der Waals surface area contributed by atoms with Crippen LogP contribution in [0.1, 0.15) is 32.4 Å². The van der Waals surface area contributed by atoms with Crippen LogP contribution < -0.4 is 10.6 Å². The topological polar surface area (TPSA) is 55.0 Å². The second-order valence-corrected chi connectivity index (χ2v) is 3.46. The number of unbranched alkanes of at least 4 members (excludes halogenated alkanes) is 1. The summed E-state index contributed by atoms with van der Waals surface area (Å²) in [6, 6.07) is 0. The molecule has 4 nitrogen and oxygen atoms in total. The lowest BCUT2D eigenvalue weighted by Crippen LogP contribution is -2.27. The molecule has 1 heterocycles. The maximum absolute atomic E-state index is 5.64. The smallest absolute Gasteiger partial charge is 0.151 e. The van der Waals surface area contributed by atoms with E-state index >= 15 is 0 Å². The van der Waals surface area contributed by atoms with Gasteiger partial charge >= 0.3 is 0 Å². The molecule has 0 saturated carbocycles. The largest absolute Gasteiger partial charge is 0.355 e. The fraction of sp³-hybridized carbons (Fsp3) is 0.636. The first-order valence-corrected chi connectivity index (χ1v) is 5.58. The highest BCUT2D eigenvalue weighted by Gasteiger charge is 2.10. The van der Waals surface area contributed by atoms with Crippen molar-refractivity contribution in [2.45, 2.75) is 33.2 Å². The first-order chi connectivity index (χ1) is 7.33. The predicted octanol–water partition coefficient (Wildman–Crippen LogP) is 1.56. The van der Waals surface area contributed by atoms with Crippen LogP contribution in [0.5, 0.6) is 0 Å². The van der Waals surface area contributed by atoms with E-state index in [-0.39, 0.29) is 0 Å². The number of hydrogen-bond donors (Lipinski definition) is 1. The summed E-state index contributed by atoms with van der Waals surface area (Å²) in [4.78, 5) is 10.8. The van der Waals surface area contributed by atoms with Crippen molar-refractivity contribution in [2.24, 2.45) is 5.73 Å². The summed E-state index contributed by atoms with van der Waals surface area (Å²) >= 11 is 0. The molecule has 0 aliphatic carbocycles. The monoisotopic (exact) mass is 208 g/mol. The summed E-state index contributed by atoms with van der Waals surface area (Å²) in [5, 5.41) is 0. The standard InChI is InChI=1S/C11H20N4/c1-3-5-8-15(4-2)11-10(9-12)13-6-7-14-11/h6-7H,3-5,8-9,12H2,1-2H3. The van der Waals surface area contributed by atoms with Crippen molar-refractivity contribution in [1.82, 2.24) is 9.97 Å². The molecule has 0 atom stereocenters. The summed E-state index contributed by atoms with van der Waals surface area (Å²) < 4.78 is 0. The number of anilines is 1. The zero-order valence-corrected chi connectivity index (χ0v) is 9.61. The third kappa shape index (κ3) is 3.16. The van der Waals surface area contributed by atoms with Crippen LogP contribution in [0, 0.1) is 0 Å². The van der Waals surface area contributed by atoms with Crippen molar-refractivity contribution >= 4 is 5.82 Å². The fourth-order valence-electron chi connectivity index (χ4n) is 1.53. The molecule has 0 fully saturated rings. The molecule has 1 aromatic rings. The minimum atomic E-state index is 0.450. The van der Waals surface area contributed by atoms with E-state index in [2.05, 4.69) is 28.7 Å². The van der Waals surface area contributed by atoms with E-state index in [0.717, 1.165) is 24.6 Å². The Bertz CT molecular complexity index is 288. The van der Waals surface area contributed by atoms with E-state index in [1.54, 1.807) is 12.4 Å². The molecule has 4 heteroatoms. The van der Waals surface area contributed by atoms with Gasteiger partial charge in [-0.25, -0.2) is 4.98 Å². The maximum Gasteiger partial charge on any atom is 0.151 e. The van der Waals surface area contributed by atoms with Gasteiger partial charge in [-0.1, -0.05) is 13.3 Å². The molecule has 0 bridgehead atoms. The van der Waals surface area contributed by atoms with Crippen LogP contribution in [0.3, 0.4) is 0 Å². The van der Waals surface area contributed by atoms with Crippen LogP contribution in [-0.2, 0) is 6.54 Å². The highest BCUT2D eigenvalue weighted by molar-refractivity contribution is 5.42. The lowest BCUT2D eigenvalue weighted by atomic mass is 10.3. The van der Waals surface area contributed by atoms with E-state index in [1.165, 1.54) is 12.8 Å². The predicted molar refractivity (Wildman–Crippen MR) is 62.7 cm³/mol. The number of rotatable bonds is 6. The second kappa shape index (κ2) is 6.35. The normalized spacial score (nSPS) is 10.3. The molecule has 0 radical (unpaired) electrons. The first-order valence-electron chi connectivity index (χ1n) is 5.58. The molecule has 0 amide bonds. The molecular formula is C11H20N4. The third-order valence-corrected chi connectivity index (χ3v) is 2.41. The van der Waals surface area contributed by atoms with Gasteiger partial charge in [0.15, 0.2) is 5.82 Å². The lowest BCUT2D eigenvalue weighted by Gasteiger charge is -2.23. The Labute approximate surface area is 91.5 Å². The van der Waals surface area contributed by atoms with Gasteiger partial charge in [-0.3, -0.25) is 4.98 Å². The van der Waals surface area contributed by atoms with Gasteiger partial charge in [-0.05, 0) is 13.3 Å². The second-order valence-electron chi connectivity index (χ2n) is 3.46. The van der Waals surface area contributed by atoms with Crippen LogP contribution in [0.4, 0.5) is 5.82 Å². The Hall–Kier alpha value is -1.16. The Morgan fingerprint density at radius 1 is 1.27 bits per heavy atom. The number of nitrogens with zero attached hydrogens (tertiary/aromatic N) is 3. The van der Waals surface area contributed by atoms with Gasteiger partial charge in [-0.2, -0.15) is 0 Å². The average Bonchev–Trinajstić information content (AvgIpc) is 2.30. The molecule has 1 rings (SSSR count). The summed E-state index contributed by atoms with van der Waals surface area (Å²) in [6.07, 6.45) is 5.78. The van der Waals surface area contributed by atoms with Crippen molar-refractivity contribution in [3.8, 4) is 0 Å². The molecule has 1 aromatic heterocycles. The Kier molecular flexibility index (Phi) is 5.04. The van der Waals surface area contributed by atoms with Crippen LogP contribution in [0.15, 0.2) is 12.4 Å². The van der Waals surface area contributed by atoms with Crippen LogP contribution >= 0.6 is 0 Å². The Morgan fingerprint density at radius 3 is 2.60 bits per heavy atom. The van der Waals surface area contributed by atoms with Gasteiger partial charge in [0.25, 0.3) is 0 Å². The summed E-state index contributed by atoms with van der Waals surface area (Å²) in [7, 11) is 0. The van der Waals surface area contributed by atoms with Crippen molar-refractivity contribution in [2.75, 3.05) is 18.0 Å². The lowest BCUT2D eigenvalue weighted by molar-refractivity contribution is 0.715. The SMILES string of the molecule is CCCCN(CC)c1nccnc1CN. The molecule has 84 valence electrons. The van der Waals surface area contributed by atoms with Gasteiger partial charge in [0.1, 0.15) is 0 Å². The van der Waals surface area contributed by atoms with Crippen molar-refractivity contribution in [3.05, 3.63) is 18.1 Å². The zero-order chi connectivity index (χ0) is 11.1. The highest BCUT2D eigenvalue weighted by Crippen LogP contribution is 2.14. The zero-order valence-electron chi connectivity index (χ0n) is 9.61. The molecule has 0 aliphatic heterocycles. The number of aromatic nitrogens is 2. The Balaban J connectivity index is 2.80. The number of nitrogens with two attached hydrogens (primary N) is 1. The third-order valence-electron chi connectivity index (χ3n) is 2.41. The average molecular weight is 208 g/mol. The fourth-order valence-corrected chi connectivity index (χ4v) is 1.53. The maximum atomic E-state index is 5.64. The summed E-state index contributed by atoms with van der Waals surface area (Å²) in [6.45, 7) is 6.75. The van der Waals surface area contributed by atoms with E-state index in [1.807, 2.05) is 0 Å². The quantitative estimate of drug-likeness (QED) is 0.771. The molecule has 15 heavy (non-hydrogen) atoms. The van der Waals surface area contributed by atoms with Crippen LogP contribution in [0.2, 0.25) is 0 Å². The first kappa shape index (κ1) is 11.9. The van der Waals surface area contributed by atoms with Crippen LogP contribution in [0.25, 0.3) is 0 Å².